The van der Waals surface area contributed by atoms with E-state index < -0.39 is 24.5 Å². The highest BCUT2D eigenvalue weighted by atomic mass is 16.5. The zero-order valence-corrected chi connectivity index (χ0v) is 18.7. The van der Waals surface area contributed by atoms with Crippen LogP contribution in [-0.4, -0.2) is 34.3 Å². The van der Waals surface area contributed by atoms with Gasteiger partial charge in [0.15, 0.2) is 6.61 Å². The van der Waals surface area contributed by atoms with Gasteiger partial charge in [0.25, 0.3) is 5.91 Å². The van der Waals surface area contributed by atoms with E-state index in [1.165, 1.54) is 6.08 Å². The first kappa shape index (κ1) is 23.9. The molecule has 0 aliphatic rings. The number of hydrogen-bond donors (Lipinski definition) is 2. The fourth-order valence-electron chi connectivity index (χ4n) is 3.16. The van der Waals surface area contributed by atoms with Crippen molar-refractivity contribution in [2.45, 2.75) is 20.4 Å². The van der Waals surface area contributed by atoms with E-state index in [0.717, 1.165) is 16.9 Å². The number of nitriles is 1. The topological polar surface area (TPSA) is 126 Å². The van der Waals surface area contributed by atoms with Gasteiger partial charge in [0.05, 0.1) is 11.4 Å². The van der Waals surface area contributed by atoms with E-state index in [-0.39, 0.29) is 12.1 Å². The Hall–Kier alpha value is -4.71. The fraction of sp³-hybridized carbons (Fsp3) is 0.160. The van der Waals surface area contributed by atoms with Crippen molar-refractivity contribution in [3.05, 3.63) is 88.8 Å². The summed E-state index contributed by atoms with van der Waals surface area (Å²) in [5.41, 5.74) is 3.36. The van der Waals surface area contributed by atoms with Gasteiger partial charge in [-0.1, -0.05) is 48.5 Å². The van der Waals surface area contributed by atoms with Gasteiger partial charge in [-0.25, -0.2) is 14.3 Å². The lowest BCUT2D eigenvalue weighted by Gasteiger charge is -2.07. The molecule has 3 amide bonds. The summed E-state index contributed by atoms with van der Waals surface area (Å²) in [5, 5.41) is 18.5. The minimum atomic E-state index is -0.978. The van der Waals surface area contributed by atoms with Crippen LogP contribution in [-0.2, 0) is 20.9 Å². The molecular weight excluding hydrogens is 434 g/mol. The molecule has 172 valence electrons. The number of aryl methyl sites for hydroxylation is 1. The number of para-hydroxylation sites is 1. The first-order valence-corrected chi connectivity index (χ1v) is 10.4. The van der Waals surface area contributed by atoms with Crippen LogP contribution in [0.2, 0.25) is 0 Å². The number of nitrogens with zero attached hydrogens (tertiary/aromatic N) is 3. The summed E-state index contributed by atoms with van der Waals surface area (Å²) in [6, 6.07) is 19.7. The SMILES string of the molecule is Cc1nn(-c2ccccc2)c(C)c1/C=C(\C#N)C(=O)OCC(=O)NC(=O)NCc1ccccc1. The Bertz CT molecular complexity index is 1260. The van der Waals surface area contributed by atoms with Crippen LogP contribution in [0, 0.1) is 25.2 Å². The molecule has 1 aromatic heterocycles. The fourth-order valence-corrected chi connectivity index (χ4v) is 3.16. The van der Waals surface area contributed by atoms with E-state index in [1.54, 1.807) is 17.7 Å². The maximum Gasteiger partial charge on any atom is 0.349 e. The summed E-state index contributed by atoms with van der Waals surface area (Å²) in [6.45, 7) is 3.11. The zero-order valence-electron chi connectivity index (χ0n) is 18.7. The van der Waals surface area contributed by atoms with Gasteiger partial charge in [-0.15, -0.1) is 0 Å². The van der Waals surface area contributed by atoms with Crippen LogP contribution in [0.5, 0.6) is 0 Å². The van der Waals surface area contributed by atoms with Crippen molar-refractivity contribution < 1.29 is 19.1 Å². The van der Waals surface area contributed by atoms with Gasteiger partial charge in [-0.05, 0) is 37.6 Å². The zero-order chi connectivity index (χ0) is 24.5. The Morgan fingerprint density at radius 1 is 1.06 bits per heavy atom. The number of rotatable bonds is 7. The first-order chi connectivity index (χ1) is 16.4. The van der Waals surface area contributed by atoms with Crippen molar-refractivity contribution in [2.75, 3.05) is 6.61 Å². The quantitative estimate of drug-likeness (QED) is 0.319. The van der Waals surface area contributed by atoms with Crippen LogP contribution in [0.15, 0.2) is 66.2 Å². The monoisotopic (exact) mass is 457 g/mol. The summed E-state index contributed by atoms with van der Waals surface area (Å²) in [4.78, 5) is 36.1. The number of aromatic nitrogens is 2. The average Bonchev–Trinajstić information content (AvgIpc) is 3.13. The third-order valence-electron chi connectivity index (χ3n) is 4.86. The molecule has 0 aliphatic carbocycles. The minimum Gasteiger partial charge on any atom is -0.451 e. The summed E-state index contributed by atoms with van der Waals surface area (Å²) >= 11 is 0. The van der Waals surface area contributed by atoms with Gasteiger partial charge in [-0.2, -0.15) is 10.4 Å². The molecule has 2 aromatic carbocycles. The molecule has 0 fully saturated rings. The third-order valence-corrected chi connectivity index (χ3v) is 4.86. The highest BCUT2D eigenvalue weighted by molar-refractivity contribution is 6.00. The predicted octanol–water partition coefficient (Wildman–Crippen LogP) is 2.97. The second-order valence-corrected chi connectivity index (χ2v) is 7.29. The Morgan fingerprint density at radius 3 is 2.35 bits per heavy atom. The van der Waals surface area contributed by atoms with Gasteiger partial charge in [0.2, 0.25) is 0 Å². The molecule has 0 atom stereocenters. The number of benzene rings is 2. The van der Waals surface area contributed by atoms with E-state index in [1.807, 2.05) is 67.6 Å². The summed E-state index contributed by atoms with van der Waals surface area (Å²) < 4.78 is 6.63. The lowest BCUT2D eigenvalue weighted by atomic mass is 10.1. The van der Waals surface area contributed by atoms with E-state index in [4.69, 9.17) is 4.74 Å². The number of imide groups is 1. The number of carbonyl (C=O) groups is 3. The molecule has 0 spiro atoms. The van der Waals surface area contributed by atoms with Crippen LogP contribution in [0.25, 0.3) is 11.8 Å². The van der Waals surface area contributed by atoms with Crippen molar-refractivity contribution in [2.24, 2.45) is 0 Å². The van der Waals surface area contributed by atoms with E-state index >= 15 is 0 Å². The average molecular weight is 457 g/mol. The molecule has 0 unspecified atom stereocenters. The van der Waals surface area contributed by atoms with Gasteiger partial charge >= 0.3 is 12.0 Å². The number of nitrogens with one attached hydrogen (secondary N) is 2. The van der Waals surface area contributed by atoms with E-state index in [2.05, 4.69) is 15.7 Å². The Morgan fingerprint density at radius 2 is 1.71 bits per heavy atom. The lowest BCUT2D eigenvalue weighted by Crippen LogP contribution is -2.41. The second-order valence-electron chi connectivity index (χ2n) is 7.29. The molecule has 2 N–H and O–H groups in total. The van der Waals surface area contributed by atoms with Gasteiger partial charge in [0.1, 0.15) is 11.6 Å². The molecule has 9 heteroatoms. The smallest absolute Gasteiger partial charge is 0.349 e. The number of urea groups is 1. The standard InChI is InChI=1S/C25H23N5O4/c1-17-22(18(2)30(29-17)21-11-7-4-8-12-21)13-20(14-26)24(32)34-16-23(31)28-25(33)27-15-19-9-5-3-6-10-19/h3-13H,15-16H2,1-2H3,(H2,27,28,31,33)/b20-13+. The van der Waals surface area contributed by atoms with Crippen molar-refractivity contribution in [1.82, 2.24) is 20.4 Å². The van der Waals surface area contributed by atoms with Crippen LogP contribution in [0.3, 0.4) is 0 Å². The molecular formula is C25H23N5O4. The number of esters is 1. The Kier molecular flexibility index (Phi) is 7.92. The van der Waals surface area contributed by atoms with Gasteiger partial charge < -0.3 is 10.1 Å². The number of hydrogen-bond acceptors (Lipinski definition) is 6. The Labute approximate surface area is 196 Å². The number of amides is 3. The molecule has 0 saturated heterocycles. The molecule has 3 aromatic rings. The van der Waals surface area contributed by atoms with Gasteiger partial charge in [-0.3, -0.25) is 10.1 Å². The molecule has 9 nitrogen and oxygen atoms in total. The van der Waals surface area contributed by atoms with Crippen LogP contribution in [0.4, 0.5) is 4.79 Å². The van der Waals surface area contributed by atoms with Crippen LogP contribution < -0.4 is 10.6 Å². The van der Waals surface area contributed by atoms with Crippen molar-refractivity contribution in [1.29, 1.82) is 5.26 Å². The summed E-state index contributed by atoms with van der Waals surface area (Å²) in [7, 11) is 0. The van der Waals surface area contributed by atoms with E-state index in [9.17, 15) is 19.6 Å². The normalized spacial score (nSPS) is 10.8. The maximum absolute atomic E-state index is 12.4. The Balaban J connectivity index is 1.58. The lowest BCUT2D eigenvalue weighted by molar-refractivity contribution is -0.144. The first-order valence-electron chi connectivity index (χ1n) is 10.4. The van der Waals surface area contributed by atoms with E-state index in [0.29, 0.717) is 11.3 Å². The molecule has 1 heterocycles. The van der Waals surface area contributed by atoms with Crippen molar-refractivity contribution in [3.63, 3.8) is 0 Å². The largest absolute Gasteiger partial charge is 0.451 e. The van der Waals surface area contributed by atoms with Crippen molar-refractivity contribution >= 4 is 24.0 Å². The maximum atomic E-state index is 12.4. The number of carbonyl (C=O) groups excluding carboxylic acids is 3. The molecule has 0 saturated carbocycles. The predicted molar refractivity (Wildman–Crippen MR) is 124 cm³/mol. The number of ether oxygens (including phenoxy) is 1. The molecule has 0 radical (unpaired) electrons. The molecule has 3 rings (SSSR count). The highest BCUT2D eigenvalue weighted by Crippen LogP contribution is 2.20. The molecule has 0 aliphatic heterocycles. The molecule has 34 heavy (non-hydrogen) atoms. The van der Waals surface area contributed by atoms with Crippen LogP contribution in [0.1, 0.15) is 22.5 Å². The third kappa shape index (κ3) is 6.17. The summed E-state index contributed by atoms with van der Waals surface area (Å²) in [6.07, 6.45) is 1.38. The van der Waals surface area contributed by atoms with Crippen LogP contribution >= 0.6 is 0 Å². The highest BCUT2D eigenvalue weighted by Gasteiger charge is 2.18. The van der Waals surface area contributed by atoms with Gasteiger partial charge in [0, 0.05) is 17.8 Å². The molecule has 0 bridgehead atoms. The summed E-state index contributed by atoms with van der Waals surface area (Å²) in [5.74, 6) is -1.80. The second kappa shape index (κ2) is 11.2. The minimum absolute atomic E-state index is 0.233. The van der Waals surface area contributed by atoms with Crippen molar-refractivity contribution in [3.8, 4) is 11.8 Å².